The fourth-order valence-electron chi connectivity index (χ4n) is 0.750. The van der Waals surface area contributed by atoms with Crippen LogP contribution in [0.15, 0.2) is 0 Å². The lowest BCUT2D eigenvalue weighted by Gasteiger charge is -2.01. The Bertz CT molecular complexity index is 197. The van der Waals surface area contributed by atoms with Gasteiger partial charge in [0.05, 0.1) is 19.4 Å². The van der Waals surface area contributed by atoms with Crippen molar-refractivity contribution >= 4 is 11.9 Å². The van der Waals surface area contributed by atoms with Crippen LogP contribution >= 0.6 is 0 Å². The van der Waals surface area contributed by atoms with Gasteiger partial charge in [0.15, 0.2) is 0 Å². The molecule has 0 aromatic carbocycles. The molecule has 1 unspecified atom stereocenters. The fraction of sp³-hybridized carbons (Fsp3) is 0.750. The molecule has 1 rings (SSSR count). The number of esters is 2. The van der Waals surface area contributed by atoms with Gasteiger partial charge in [0, 0.05) is 0 Å². The first-order chi connectivity index (χ1) is 6.22. The fourth-order valence-corrected chi connectivity index (χ4v) is 0.750. The molecule has 1 saturated heterocycles. The molecule has 5 nitrogen and oxygen atoms in total. The lowest BCUT2D eigenvalue weighted by Crippen LogP contribution is -2.11. The summed E-state index contributed by atoms with van der Waals surface area (Å²) in [6.07, 6.45) is -0.257. The molecule has 0 aromatic rings. The van der Waals surface area contributed by atoms with E-state index in [1.165, 1.54) is 0 Å². The summed E-state index contributed by atoms with van der Waals surface area (Å²) in [6, 6.07) is 0. The molecule has 0 amide bonds. The van der Waals surface area contributed by atoms with E-state index < -0.39 is 5.97 Å². The smallest absolute Gasteiger partial charge is 0.308 e. The monoisotopic (exact) mass is 188 g/mol. The predicted octanol–water partition coefficient (Wildman–Crippen LogP) is 0.229. The van der Waals surface area contributed by atoms with E-state index in [-0.39, 0.29) is 25.1 Å². The molecule has 13 heavy (non-hydrogen) atoms. The van der Waals surface area contributed by atoms with Crippen molar-refractivity contribution in [2.24, 2.45) is 0 Å². The molecule has 0 radical (unpaired) electrons. The maximum atomic E-state index is 10.9. The minimum absolute atomic E-state index is 0.0543. The average molecular weight is 188 g/mol. The maximum absolute atomic E-state index is 10.9. The number of rotatable bonds is 5. The summed E-state index contributed by atoms with van der Waals surface area (Å²) in [4.78, 5) is 21.7. The largest absolute Gasteiger partial charge is 0.466 e. The van der Waals surface area contributed by atoms with Gasteiger partial charge in [-0.3, -0.25) is 9.59 Å². The highest BCUT2D eigenvalue weighted by molar-refractivity contribution is 5.77. The van der Waals surface area contributed by atoms with Gasteiger partial charge in [0.2, 0.25) is 6.29 Å². The predicted molar refractivity (Wildman–Crippen MR) is 41.7 cm³/mol. The van der Waals surface area contributed by atoms with E-state index in [1.807, 2.05) is 0 Å². The quantitative estimate of drug-likeness (QED) is 0.456. The highest BCUT2D eigenvalue weighted by Gasteiger charge is 2.27. The van der Waals surface area contributed by atoms with Crippen LogP contribution in [0, 0.1) is 0 Å². The molecular formula is C8H12O5. The van der Waals surface area contributed by atoms with Gasteiger partial charge >= 0.3 is 11.9 Å². The zero-order valence-electron chi connectivity index (χ0n) is 7.45. The van der Waals surface area contributed by atoms with Crippen molar-refractivity contribution in [1.82, 2.24) is 0 Å². The molecule has 0 N–H and O–H groups in total. The van der Waals surface area contributed by atoms with E-state index in [0.29, 0.717) is 13.2 Å². The van der Waals surface area contributed by atoms with E-state index in [9.17, 15) is 9.59 Å². The third-order valence-electron chi connectivity index (χ3n) is 1.40. The van der Waals surface area contributed by atoms with E-state index in [1.54, 1.807) is 6.92 Å². The van der Waals surface area contributed by atoms with Crippen LogP contribution in [0.5, 0.6) is 0 Å². The van der Waals surface area contributed by atoms with Crippen molar-refractivity contribution in [1.29, 1.82) is 0 Å². The topological polar surface area (TPSA) is 65.1 Å². The first-order valence-corrected chi connectivity index (χ1v) is 4.19. The van der Waals surface area contributed by atoms with Crippen LogP contribution in [0.3, 0.4) is 0 Å². The summed E-state index contributed by atoms with van der Waals surface area (Å²) in [5.74, 6) is -0.799. The minimum atomic E-state index is -0.421. The van der Waals surface area contributed by atoms with E-state index >= 15 is 0 Å². The number of ether oxygens (including phenoxy) is 3. The standard InChI is InChI=1S/C8H12O5/c1-2-11-6(9)3-4-7(10)13-8-5-12-8/h8H,2-5H2,1H3. The van der Waals surface area contributed by atoms with Gasteiger partial charge in [-0.25, -0.2) is 0 Å². The van der Waals surface area contributed by atoms with E-state index in [2.05, 4.69) is 9.47 Å². The van der Waals surface area contributed by atoms with Gasteiger partial charge in [-0.2, -0.15) is 0 Å². The Labute approximate surface area is 76.0 Å². The summed E-state index contributed by atoms with van der Waals surface area (Å²) in [5.41, 5.74) is 0. The molecule has 1 aliphatic rings. The van der Waals surface area contributed by atoms with Crippen molar-refractivity contribution < 1.29 is 23.8 Å². The highest BCUT2D eigenvalue weighted by atomic mass is 16.8. The van der Waals surface area contributed by atoms with Crippen molar-refractivity contribution in [3.8, 4) is 0 Å². The van der Waals surface area contributed by atoms with Crippen LogP contribution in [0.4, 0.5) is 0 Å². The van der Waals surface area contributed by atoms with Crippen LogP contribution < -0.4 is 0 Å². The lowest BCUT2D eigenvalue weighted by molar-refractivity contribution is -0.153. The normalized spacial score (nSPS) is 19.3. The second-order valence-corrected chi connectivity index (χ2v) is 2.56. The van der Waals surface area contributed by atoms with Crippen molar-refractivity contribution in [2.75, 3.05) is 13.2 Å². The van der Waals surface area contributed by atoms with Gasteiger partial charge in [0.25, 0.3) is 0 Å². The zero-order chi connectivity index (χ0) is 9.68. The Balaban J connectivity index is 2.02. The molecule has 1 fully saturated rings. The van der Waals surface area contributed by atoms with Gasteiger partial charge < -0.3 is 14.2 Å². The van der Waals surface area contributed by atoms with Crippen LogP contribution in [0.25, 0.3) is 0 Å². The SMILES string of the molecule is CCOC(=O)CCC(=O)OC1CO1. The summed E-state index contributed by atoms with van der Waals surface area (Å²) in [6.45, 7) is 2.51. The summed E-state index contributed by atoms with van der Waals surface area (Å²) in [5, 5.41) is 0. The molecule has 1 heterocycles. The maximum Gasteiger partial charge on any atom is 0.308 e. The summed E-state index contributed by atoms with van der Waals surface area (Å²) < 4.78 is 14.0. The molecular weight excluding hydrogens is 176 g/mol. The number of epoxide rings is 1. The summed E-state index contributed by atoms with van der Waals surface area (Å²) >= 11 is 0. The highest BCUT2D eigenvalue weighted by Crippen LogP contribution is 2.11. The van der Waals surface area contributed by atoms with Crippen molar-refractivity contribution in [3.63, 3.8) is 0 Å². The third kappa shape index (κ3) is 4.47. The third-order valence-corrected chi connectivity index (χ3v) is 1.40. The number of carbonyl (C=O) groups excluding carboxylic acids is 2. The lowest BCUT2D eigenvalue weighted by atomic mass is 10.3. The molecule has 0 bridgehead atoms. The van der Waals surface area contributed by atoms with Gasteiger partial charge in [-0.15, -0.1) is 0 Å². The molecule has 0 spiro atoms. The first kappa shape index (κ1) is 9.98. The number of hydrogen-bond acceptors (Lipinski definition) is 5. The molecule has 1 aliphatic heterocycles. The second-order valence-electron chi connectivity index (χ2n) is 2.56. The van der Waals surface area contributed by atoms with E-state index in [0.717, 1.165) is 0 Å². The van der Waals surface area contributed by atoms with Crippen LogP contribution in [0.2, 0.25) is 0 Å². The number of carbonyl (C=O) groups is 2. The molecule has 74 valence electrons. The zero-order valence-corrected chi connectivity index (χ0v) is 7.45. The average Bonchev–Trinajstić information content (AvgIpc) is 2.85. The van der Waals surface area contributed by atoms with Crippen molar-refractivity contribution in [3.05, 3.63) is 0 Å². The Morgan fingerprint density at radius 3 is 2.54 bits per heavy atom. The Kier molecular flexibility index (Phi) is 3.70. The minimum Gasteiger partial charge on any atom is -0.466 e. The van der Waals surface area contributed by atoms with Gasteiger partial charge in [-0.1, -0.05) is 0 Å². The molecule has 0 aromatic heterocycles. The number of hydrogen-bond donors (Lipinski definition) is 0. The molecule has 5 heteroatoms. The molecule has 0 aliphatic carbocycles. The van der Waals surface area contributed by atoms with Gasteiger partial charge in [0.1, 0.15) is 6.61 Å². The second kappa shape index (κ2) is 4.81. The van der Waals surface area contributed by atoms with E-state index in [4.69, 9.17) is 4.74 Å². The summed E-state index contributed by atoms with van der Waals surface area (Å²) in [7, 11) is 0. The van der Waals surface area contributed by atoms with Crippen molar-refractivity contribution in [2.45, 2.75) is 26.1 Å². The molecule has 1 atom stereocenters. The Morgan fingerprint density at radius 2 is 2.00 bits per heavy atom. The van der Waals surface area contributed by atoms with Crippen LogP contribution in [-0.4, -0.2) is 31.4 Å². The first-order valence-electron chi connectivity index (χ1n) is 4.19. The molecule has 0 saturated carbocycles. The Hall–Kier alpha value is -1.10. The van der Waals surface area contributed by atoms with Crippen LogP contribution in [-0.2, 0) is 23.8 Å². The van der Waals surface area contributed by atoms with Crippen LogP contribution in [0.1, 0.15) is 19.8 Å². The Morgan fingerprint density at radius 1 is 1.38 bits per heavy atom. The van der Waals surface area contributed by atoms with Gasteiger partial charge in [-0.05, 0) is 6.92 Å².